The Morgan fingerprint density at radius 3 is 0.923 bits per heavy atom. The highest BCUT2D eigenvalue weighted by Crippen LogP contribution is 2.41. The smallest absolute Gasteiger partial charge is 0.0366 e. The molecule has 0 radical (unpaired) electrons. The van der Waals surface area contributed by atoms with Gasteiger partial charge in [0.1, 0.15) is 0 Å². The molecule has 4 aromatic carbocycles. The van der Waals surface area contributed by atoms with Gasteiger partial charge in [0.05, 0.1) is 0 Å². The Bertz CT molecular complexity index is 1220. The van der Waals surface area contributed by atoms with Crippen molar-refractivity contribution in [2.45, 2.75) is 41.5 Å². The fourth-order valence-electron chi connectivity index (χ4n) is 5.65. The van der Waals surface area contributed by atoms with E-state index >= 15 is 0 Å². The molecule has 4 aromatic rings. The zero-order valence-corrected chi connectivity index (χ0v) is 24.7. The van der Waals surface area contributed by atoms with E-state index in [0.717, 1.165) is 39.3 Å². The van der Waals surface area contributed by atoms with Gasteiger partial charge in [0.25, 0.3) is 0 Å². The first kappa shape index (κ1) is 28.3. The third-order valence-corrected chi connectivity index (χ3v) is 7.96. The zero-order valence-electron chi connectivity index (χ0n) is 24.7. The van der Waals surface area contributed by atoms with Crippen molar-refractivity contribution in [1.29, 1.82) is 0 Å². The number of benzene rings is 4. The summed E-state index contributed by atoms with van der Waals surface area (Å²) >= 11 is 0. The van der Waals surface area contributed by atoms with Gasteiger partial charge in [0, 0.05) is 56.3 Å². The van der Waals surface area contributed by atoms with Gasteiger partial charge in [0.2, 0.25) is 0 Å². The predicted octanol–water partition coefficient (Wildman–Crippen LogP) is 9.23. The molecule has 0 aliphatic carbocycles. The van der Waals surface area contributed by atoms with Gasteiger partial charge in [-0.2, -0.15) is 0 Å². The van der Waals surface area contributed by atoms with Crippen LogP contribution in [0.1, 0.15) is 41.5 Å². The lowest BCUT2D eigenvalue weighted by molar-refractivity contribution is 0.866. The van der Waals surface area contributed by atoms with Crippen molar-refractivity contribution >= 4 is 17.1 Å². The Hall–Kier alpha value is -3.72. The first-order valence-electron chi connectivity index (χ1n) is 14.8. The van der Waals surface area contributed by atoms with Crippen LogP contribution in [-0.2, 0) is 0 Å². The molecule has 0 bridgehead atoms. The van der Waals surface area contributed by atoms with Crippen molar-refractivity contribution in [3.63, 3.8) is 0 Å². The molecule has 4 rings (SSSR count). The maximum atomic E-state index is 2.40. The normalized spacial score (nSPS) is 10.9. The highest BCUT2D eigenvalue weighted by Gasteiger charge is 2.16. The highest BCUT2D eigenvalue weighted by atomic mass is 15.1. The lowest BCUT2D eigenvalue weighted by atomic mass is 9.87. The van der Waals surface area contributed by atoms with Crippen LogP contribution in [0.15, 0.2) is 91.0 Å². The fraction of sp³-hybridized carbons (Fsp3) is 0.333. The molecule has 0 atom stereocenters. The minimum Gasteiger partial charge on any atom is -0.372 e. The summed E-state index contributed by atoms with van der Waals surface area (Å²) in [7, 11) is 0. The van der Waals surface area contributed by atoms with E-state index < -0.39 is 0 Å². The lowest BCUT2D eigenvalue weighted by Crippen LogP contribution is -2.21. The summed E-state index contributed by atoms with van der Waals surface area (Å²) in [5.74, 6) is 0. The van der Waals surface area contributed by atoms with Crippen LogP contribution in [-0.4, -0.2) is 39.3 Å². The molecule has 0 spiro atoms. The molecule has 0 saturated heterocycles. The maximum absolute atomic E-state index is 2.40. The topological polar surface area (TPSA) is 9.72 Å². The van der Waals surface area contributed by atoms with Crippen LogP contribution in [0.5, 0.6) is 0 Å². The molecule has 3 heteroatoms. The van der Waals surface area contributed by atoms with Gasteiger partial charge in [-0.1, -0.05) is 54.6 Å². The van der Waals surface area contributed by atoms with Gasteiger partial charge in [0.15, 0.2) is 0 Å². The van der Waals surface area contributed by atoms with Gasteiger partial charge >= 0.3 is 0 Å². The highest BCUT2D eigenvalue weighted by molar-refractivity contribution is 5.95. The van der Waals surface area contributed by atoms with Crippen LogP contribution >= 0.6 is 0 Å². The Kier molecular flexibility index (Phi) is 9.70. The summed E-state index contributed by atoms with van der Waals surface area (Å²) in [5.41, 5.74) is 11.4. The van der Waals surface area contributed by atoms with E-state index in [1.54, 1.807) is 0 Å². The summed E-state index contributed by atoms with van der Waals surface area (Å²) in [4.78, 5) is 7.18. The Morgan fingerprint density at radius 1 is 0.359 bits per heavy atom. The van der Waals surface area contributed by atoms with E-state index in [1.807, 2.05) is 0 Å². The van der Waals surface area contributed by atoms with Crippen molar-refractivity contribution < 1.29 is 0 Å². The minimum atomic E-state index is 1.01. The molecule has 0 N–H and O–H groups in total. The second kappa shape index (κ2) is 13.4. The largest absolute Gasteiger partial charge is 0.372 e. The molecule has 0 amide bonds. The van der Waals surface area contributed by atoms with Gasteiger partial charge in [-0.05, 0) is 111 Å². The standard InChI is InChI=1S/C36H45N3/c1-7-37(8-2)31-22-16-28(17-23-31)34-14-13-15-35(29-18-24-32(25-19-29)38(9-3)10-4)36(34)30-20-26-33(27-21-30)39(11-5)12-6/h13-27H,7-12H2,1-6H3. The molecule has 0 heterocycles. The van der Waals surface area contributed by atoms with Crippen LogP contribution < -0.4 is 14.7 Å². The third kappa shape index (κ3) is 6.14. The lowest BCUT2D eigenvalue weighted by Gasteiger charge is -2.23. The van der Waals surface area contributed by atoms with Crippen LogP contribution in [0, 0.1) is 0 Å². The first-order chi connectivity index (χ1) is 19.1. The second-order valence-electron chi connectivity index (χ2n) is 9.89. The molecule has 3 nitrogen and oxygen atoms in total. The first-order valence-corrected chi connectivity index (χ1v) is 14.8. The molecule has 0 aliphatic heterocycles. The Morgan fingerprint density at radius 2 is 0.641 bits per heavy atom. The van der Waals surface area contributed by atoms with Gasteiger partial charge < -0.3 is 14.7 Å². The van der Waals surface area contributed by atoms with Crippen LogP contribution in [0.2, 0.25) is 0 Å². The molecule has 0 fully saturated rings. The van der Waals surface area contributed by atoms with E-state index in [1.165, 1.54) is 50.4 Å². The third-order valence-electron chi connectivity index (χ3n) is 7.96. The second-order valence-corrected chi connectivity index (χ2v) is 9.89. The van der Waals surface area contributed by atoms with Crippen molar-refractivity contribution in [2.24, 2.45) is 0 Å². The van der Waals surface area contributed by atoms with E-state index in [-0.39, 0.29) is 0 Å². The Balaban J connectivity index is 1.85. The summed E-state index contributed by atoms with van der Waals surface area (Å²) in [6.45, 7) is 19.4. The number of anilines is 3. The van der Waals surface area contributed by atoms with E-state index in [4.69, 9.17) is 0 Å². The van der Waals surface area contributed by atoms with Crippen molar-refractivity contribution in [2.75, 3.05) is 54.0 Å². The van der Waals surface area contributed by atoms with Crippen LogP contribution in [0.3, 0.4) is 0 Å². The molecular formula is C36H45N3. The molecule has 0 aliphatic rings. The number of hydrogen-bond acceptors (Lipinski definition) is 3. The van der Waals surface area contributed by atoms with Gasteiger partial charge in [-0.25, -0.2) is 0 Å². The number of nitrogens with zero attached hydrogens (tertiary/aromatic N) is 3. The minimum absolute atomic E-state index is 1.01. The monoisotopic (exact) mass is 519 g/mol. The maximum Gasteiger partial charge on any atom is 0.0366 e. The molecule has 0 aromatic heterocycles. The van der Waals surface area contributed by atoms with Crippen molar-refractivity contribution in [3.8, 4) is 33.4 Å². The van der Waals surface area contributed by atoms with E-state index in [2.05, 4.69) is 147 Å². The SMILES string of the molecule is CCN(CC)c1ccc(-c2cccc(-c3ccc(N(CC)CC)cc3)c2-c2ccc(N(CC)CC)cc2)cc1. The van der Waals surface area contributed by atoms with Gasteiger partial charge in [-0.3, -0.25) is 0 Å². The zero-order chi connectivity index (χ0) is 27.8. The molecule has 39 heavy (non-hydrogen) atoms. The van der Waals surface area contributed by atoms with Crippen molar-refractivity contribution in [3.05, 3.63) is 91.0 Å². The van der Waals surface area contributed by atoms with E-state index in [9.17, 15) is 0 Å². The fourth-order valence-corrected chi connectivity index (χ4v) is 5.65. The van der Waals surface area contributed by atoms with Crippen molar-refractivity contribution in [1.82, 2.24) is 0 Å². The quantitative estimate of drug-likeness (QED) is 0.185. The summed E-state index contributed by atoms with van der Waals surface area (Å²) < 4.78 is 0. The molecular weight excluding hydrogens is 474 g/mol. The number of hydrogen-bond donors (Lipinski definition) is 0. The molecule has 204 valence electrons. The predicted molar refractivity (Wildman–Crippen MR) is 173 cm³/mol. The van der Waals surface area contributed by atoms with Crippen LogP contribution in [0.25, 0.3) is 33.4 Å². The average molecular weight is 520 g/mol. The Labute approximate surface area is 236 Å². The summed E-state index contributed by atoms with van der Waals surface area (Å²) in [6, 6.07) is 34.1. The van der Waals surface area contributed by atoms with Crippen LogP contribution in [0.4, 0.5) is 17.1 Å². The average Bonchev–Trinajstić information content (AvgIpc) is 3.00. The molecule has 0 saturated carbocycles. The summed E-state index contributed by atoms with van der Waals surface area (Å²) in [5, 5.41) is 0. The summed E-state index contributed by atoms with van der Waals surface area (Å²) in [6.07, 6.45) is 0. The van der Waals surface area contributed by atoms with E-state index in [0.29, 0.717) is 0 Å². The van der Waals surface area contributed by atoms with Gasteiger partial charge in [-0.15, -0.1) is 0 Å². The number of rotatable bonds is 12. The molecule has 0 unspecified atom stereocenters.